The Hall–Kier alpha value is -0.730. The first-order valence-electron chi connectivity index (χ1n) is 5.23. The van der Waals surface area contributed by atoms with E-state index in [1.807, 2.05) is 0 Å². The molecule has 0 saturated carbocycles. The quantitative estimate of drug-likeness (QED) is 0.647. The van der Waals surface area contributed by atoms with Crippen molar-refractivity contribution in [2.45, 2.75) is 9.79 Å². The Labute approximate surface area is 106 Å². The summed E-state index contributed by atoms with van der Waals surface area (Å²) in [5, 5.41) is 0. The van der Waals surface area contributed by atoms with Crippen molar-refractivity contribution >= 4 is 26.0 Å². The van der Waals surface area contributed by atoms with E-state index >= 15 is 0 Å². The molecule has 0 unspecified atom stereocenters. The Morgan fingerprint density at radius 2 is 1.56 bits per heavy atom. The molecule has 1 heterocycles. The Morgan fingerprint density at radius 1 is 0.875 bits per heavy atom. The third kappa shape index (κ3) is 1.30. The van der Waals surface area contributed by atoms with Gasteiger partial charge in [0.25, 0.3) is 0 Å². The Bertz CT molecular complexity index is 573. The zero-order chi connectivity index (χ0) is 11.3. The largest absolute Gasteiger partial charge is 0.192 e. The van der Waals surface area contributed by atoms with E-state index in [0.29, 0.717) is 0 Å². The fraction of sp³-hybridized carbons (Fsp3) is 0.143. The molecule has 0 saturated heterocycles. The van der Waals surface area contributed by atoms with Gasteiger partial charge >= 0.3 is 0 Å². The molecule has 16 heavy (non-hydrogen) atoms. The molecule has 2 heteroatoms. The zero-order valence-electron chi connectivity index (χ0n) is 9.33. The van der Waals surface area contributed by atoms with Crippen LogP contribution in [0.4, 0.5) is 0 Å². The highest BCUT2D eigenvalue weighted by atomic mass is 79.9. The fourth-order valence-electron chi connectivity index (χ4n) is 2.39. The van der Waals surface area contributed by atoms with Crippen LogP contribution in [0.25, 0.3) is 11.1 Å². The lowest BCUT2D eigenvalue weighted by Crippen LogP contribution is -1.91. The van der Waals surface area contributed by atoms with Crippen LogP contribution in [-0.2, 0) is 0 Å². The van der Waals surface area contributed by atoms with Crippen LogP contribution in [0.5, 0.6) is 0 Å². The molecule has 0 amide bonds. The van der Waals surface area contributed by atoms with Crippen molar-refractivity contribution < 1.29 is 0 Å². The summed E-state index contributed by atoms with van der Waals surface area (Å²) in [6, 6.07) is 15.4. The molecule has 0 radical (unpaired) electrons. The van der Waals surface area contributed by atoms with Crippen molar-refractivity contribution in [3.05, 3.63) is 46.9 Å². The highest BCUT2D eigenvalue weighted by Gasteiger charge is 2.30. The molecular weight excluding hydrogens is 280 g/mol. The van der Waals surface area contributed by atoms with E-state index in [4.69, 9.17) is 0 Å². The smallest absolute Gasteiger partial charge is 0.0186 e. The van der Waals surface area contributed by atoms with Crippen LogP contribution in [-0.4, -0.2) is 12.5 Å². The minimum atomic E-state index is -0.817. The first-order valence-corrected chi connectivity index (χ1v) is 8.47. The van der Waals surface area contributed by atoms with Crippen LogP contribution in [0.3, 0.4) is 0 Å². The maximum atomic E-state index is 3.57. The molecule has 0 aromatic heterocycles. The highest BCUT2D eigenvalue weighted by Crippen LogP contribution is 2.67. The Morgan fingerprint density at radius 3 is 2.38 bits per heavy atom. The third-order valence-corrected chi connectivity index (χ3v) is 6.61. The van der Waals surface area contributed by atoms with Crippen LogP contribution in [0.1, 0.15) is 0 Å². The first kappa shape index (κ1) is 10.4. The van der Waals surface area contributed by atoms with Gasteiger partial charge in [0.2, 0.25) is 0 Å². The molecule has 0 atom stereocenters. The Balaban J connectivity index is 2.39. The average Bonchev–Trinajstić information content (AvgIpc) is 2.49. The van der Waals surface area contributed by atoms with Gasteiger partial charge in [-0.15, -0.1) is 0 Å². The summed E-state index contributed by atoms with van der Waals surface area (Å²) in [7, 11) is -0.817. The predicted octanol–water partition coefficient (Wildman–Crippen LogP) is 4.91. The number of benzene rings is 2. The molecule has 0 bridgehead atoms. The van der Waals surface area contributed by atoms with Crippen molar-refractivity contribution in [2.24, 2.45) is 0 Å². The van der Waals surface area contributed by atoms with E-state index in [-0.39, 0.29) is 0 Å². The second kappa shape index (κ2) is 3.38. The van der Waals surface area contributed by atoms with E-state index in [1.54, 1.807) is 0 Å². The summed E-state index contributed by atoms with van der Waals surface area (Å²) >= 11 is 3.57. The molecule has 1 aliphatic heterocycles. The molecule has 2 aromatic rings. The Kier molecular flexibility index (Phi) is 2.20. The second-order valence-corrected chi connectivity index (χ2v) is 8.91. The number of halogens is 1. The zero-order valence-corrected chi connectivity index (χ0v) is 11.7. The van der Waals surface area contributed by atoms with E-state index < -0.39 is 10.0 Å². The minimum Gasteiger partial charge on any atom is -0.192 e. The molecule has 0 fully saturated rings. The average molecular weight is 293 g/mol. The molecular formula is C14H13BrS. The maximum absolute atomic E-state index is 3.57. The van der Waals surface area contributed by atoms with Crippen LogP contribution < -0.4 is 0 Å². The molecule has 3 rings (SSSR count). The molecule has 0 aliphatic carbocycles. The molecule has 0 spiro atoms. The lowest BCUT2D eigenvalue weighted by atomic mass is 10.1. The van der Waals surface area contributed by atoms with Crippen LogP contribution in [0.15, 0.2) is 56.7 Å². The van der Waals surface area contributed by atoms with Gasteiger partial charge in [0.1, 0.15) is 0 Å². The number of rotatable bonds is 0. The van der Waals surface area contributed by atoms with Crippen molar-refractivity contribution in [2.75, 3.05) is 12.5 Å². The van der Waals surface area contributed by atoms with Gasteiger partial charge in [-0.3, -0.25) is 0 Å². The lowest BCUT2D eigenvalue weighted by molar-refractivity contribution is 1.43. The summed E-state index contributed by atoms with van der Waals surface area (Å²) in [5.41, 5.74) is 2.84. The minimum absolute atomic E-state index is 0.817. The van der Waals surface area contributed by atoms with Crippen molar-refractivity contribution in [3.63, 3.8) is 0 Å². The fourth-order valence-corrected chi connectivity index (χ4v) is 5.44. The van der Waals surface area contributed by atoms with E-state index in [2.05, 4.69) is 70.9 Å². The van der Waals surface area contributed by atoms with Gasteiger partial charge in [-0.1, -0.05) is 40.2 Å². The number of hydrogen-bond donors (Lipinski definition) is 0. The normalized spacial score (nSPS) is 17.7. The van der Waals surface area contributed by atoms with Gasteiger partial charge in [-0.25, -0.2) is 0 Å². The van der Waals surface area contributed by atoms with Gasteiger partial charge in [0, 0.05) is 14.3 Å². The number of fused-ring (bicyclic) bond motifs is 3. The summed E-state index contributed by atoms with van der Waals surface area (Å²) in [4.78, 5) is 3.02. The molecule has 1 aliphatic rings. The molecule has 2 aromatic carbocycles. The monoisotopic (exact) mass is 292 g/mol. The van der Waals surface area contributed by atoms with Crippen LogP contribution in [0, 0.1) is 0 Å². The van der Waals surface area contributed by atoms with Crippen molar-refractivity contribution in [1.29, 1.82) is 0 Å². The maximum Gasteiger partial charge on any atom is 0.0186 e. The van der Waals surface area contributed by atoms with Crippen molar-refractivity contribution in [1.82, 2.24) is 0 Å². The lowest BCUT2D eigenvalue weighted by Gasteiger charge is -2.28. The molecule has 82 valence electrons. The highest BCUT2D eigenvalue weighted by molar-refractivity contribution is 9.10. The number of hydrogen-bond acceptors (Lipinski definition) is 0. The first-order chi connectivity index (χ1) is 7.60. The van der Waals surface area contributed by atoms with Gasteiger partial charge in [0.05, 0.1) is 0 Å². The summed E-state index contributed by atoms with van der Waals surface area (Å²) in [6.45, 7) is 0. The van der Waals surface area contributed by atoms with Crippen LogP contribution in [0.2, 0.25) is 0 Å². The summed E-state index contributed by atoms with van der Waals surface area (Å²) in [6.07, 6.45) is 4.76. The van der Waals surface area contributed by atoms with Gasteiger partial charge < -0.3 is 0 Å². The predicted molar refractivity (Wildman–Crippen MR) is 75.5 cm³/mol. The van der Waals surface area contributed by atoms with E-state index in [9.17, 15) is 0 Å². The van der Waals surface area contributed by atoms with E-state index in [1.165, 1.54) is 25.4 Å². The molecule has 0 N–H and O–H groups in total. The van der Waals surface area contributed by atoms with Crippen LogP contribution >= 0.6 is 26.0 Å². The SMILES string of the molecule is CS1(C)c2ccccc2-c2ccc(Br)cc21. The molecule has 0 nitrogen and oxygen atoms in total. The summed E-state index contributed by atoms with van der Waals surface area (Å²) < 4.78 is 1.18. The topological polar surface area (TPSA) is 0 Å². The van der Waals surface area contributed by atoms with Gasteiger partial charge in [0.15, 0.2) is 0 Å². The second-order valence-electron chi connectivity index (χ2n) is 4.46. The standard InChI is InChI=1S/C14H13BrS/c1-16(2)13-6-4-3-5-11(13)12-8-7-10(15)9-14(12)16/h3-9H,1-2H3. The van der Waals surface area contributed by atoms with Gasteiger partial charge in [-0.2, -0.15) is 10.0 Å². The van der Waals surface area contributed by atoms with Gasteiger partial charge in [-0.05, 0) is 41.8 Å². The van der Waals surface area contributed by atoms with Crippen molar-refractivity contribution in [3.8, 4) is 11.1 Å². The summed E-state index contributed by atoms with van der Waals surface area (Å²) in [5.74, 6) is 0. The van der Waals surface area contributed by atoms with E-state index in [0.717, 1.165) is 0 Å². The third-order valence-electron chi connectivity index (χ3n) is 3.22.